The first-order valence-corrected chi connectivity index (χ1v) is 8.31. The summed E-state index contributed by atoms with van der Waals surface area (Å²) in [5.41, 5.74) is 0. The summed E-state index contributed by atoms with van der Waals surface area (Å²) in [7, 11) is -4.52. The summed E-state index contributed by atoms with van der Waals surface area (Å²) >= 11 is 0. The zero-order valence-electron chi connectivity index (χ0n) is 10.4. The van der Waals surface area contributed by atoms with Gasteiger partial charge in [-0.3, -0.25) is 4.21 Å². The van der Waals surface area contributed by atoms with E-state index in [0.717, 1.165) is 0 Å². The third kappa shape index (κ3) is 0.837. The van der Waals surface area contributed by atoms with Crippen LogP contribution >= 0.6 is 0 Å². The van der Waals surface area contributed by atoms with Gasteiger partial charge in [0.15, 0.2) is 9.84 Å². The standard InChI is InChI=1S/C12H16O3S2/c1-8-7-9-10(2)5-6-11(3,16(10)13)12(9,4)17(8,14)15/h5-7,9H,1-4H3/t9?,10?,11-,12?,16?/m0/s1. The fraction of sp³-hybridized carbons (Fsp3) is 0.667. The summed E-state index contributed by atoms with van der Waals surface area (Å²) in [5.74, 6) is -0.171. The molecule has 0 aliphatic carbocycles. The van der Waals surface area contributed by atoms with Crippen LogP contribution in [0.5, 0.6) is 0 Å². The van der Waals surface area contributed by atoms with Crippen LogP contribution in [0.3, 0.4) is 0 Å². The van der Waals surface area contributed by atoms with Crippen LogP contribution in [-0.4, -0.2) is 26.9 Å². The number of hydrogen-bond donors (Lipinski definition) is 0. The maximum Gasteiger partial charge on any atom is 0.181 e. The molecule has 3 rings (SSSR count). The molecule has 3 aliphatic heterocycles. The van der Waals surface area contributed by atoms with E-state index in [9.17, 15) is 12.6 Å². The Morgan fingerprint density at radius 2 is 1.82 bits per heavy atom. The molecule has 94 valence electrons. The average Bonchev–Trinajstić information content (AvgIpc) is 2.64. The minimum absolute atomic E-state index is 0.171. The van der Waals surface area contributed by atoms with Crippen molar-refractivity contribution in [3.8, 4) is 0 Å². The number of fused-ring (bicyclic) bond motifs is 5. The summed E-state index contributed by atoms with van der Waals surface area (Å²) in [6.45, 7) is 7.13. The van der Waals surface area contributed by atoms with Crippen molar-refractivity contribution in [3.63, 3.8) is 0 Å². The highest BCUT2D eigenvalue weighted by Crippen LogP contribution is 2.65. The minimum Gasteiger partial charge on any atom is -0.258 e. The Morgan fingerprint density at radius 1 is 1.24 bits per heavy atom. The molecule has 5 atom stereocenters. The van der Waals surface area contributed by atoms with Gasteiger partial charge < -0.3 is 0 Å². The summed E-state index contributed by atoms with van der Waals surface area (Å²) in [4.78, 5) is 0.433. The van der Waals surface area contributed by atoms with Crippen molar-refractivity contribution >= 4 is 20.6 Å². The van der Waals surface area contributed by atoms with E-state index in [4.69, 9.17) is 0 Å². The zero-order chi connectivity index (χ0) is 12.9. The van der Waals surface area contributed by atoms with Crippen LogP contribution in [0.25, 0.3) is 0 Å². The lowest BCUT2D eigenvalue weighted by molar-refractivity contribution is 0.388. The van der Waals surface area contributed by atoms with Crippen LogP contribution in [0.2, 0.25) is 0 Å². The zero-order valence-corrected chi connectivity index (χ0v) is 12.0. The molecule has 1 saturated heterocycles. The van der Waals surface area contributed by atoms with Crippen molar-refractivity contribution in [2.24, 2.45) is 5.92 Å². The van der Waals surface area contributed by atoms with Crippen molar-refractivity contribution in [2.75, 3.05) is 0 Å². The third-order valence-electron chi connectivity index (χ3n) is 5.10. The SMILES string of the molecule is CC1=CC2C3(C)C=C[C@](C)(S3=O)C2(C)S1(=O)=O. The second kappa shape index (κ2) is 2.62. The Morgan fingerprint density at radius 3 is 2.35 bits per heavy atom. The quantitative estimate of drug-likeness (QED) is 0.629. The molecule has 17 heavy (non-hydrogen) atoms. The van der Waals surface area contributed by atoms with Crippen LogP contribution in [0.15, 0.2) is 23.1 Å². The predicted octanol–water partition coefficient (Wildman–Crippen LogP) is 1.54. The van der Waals surface area contributed by atoms with Gasteiger partial charge in [0.2, 0.25) is 0 Å². The second-order valence-corrected chi connectivity index (χ2v) is 10.5. The molecular weight excluding hydrogens is 256 g/mol. The van der Waals surface area contributed by atoms with Crippen molar-refractivity contribution in [2.45, 2.75) is 41.9 Å². The van der Waals surface area contributed by atoms with E-state index < -0.39 is 34.9 Å². The van der Waals surface area contributed by atoms with E-state index in [1.54, 1.807) is 13.8 Å². The lowest BCUT2D eigenvalue weighted by atomic mass is 9.72. The molecular formula is C12H16O3S2. The first-order valence-electron chi connectivity index (χ1n) is 5.68. The van der Waals surface area contributed by atoms with E-state index in [1.807, 2.05) is 32.1 Å². The number of rotatable bonds is 0. The Bertz CT molecular complexity index is 616. The molecule has 0 aromatic heterocycles. The van der Waals surface area contributed by atoms with E-state index in [-0.39, 0.29) is 5.92 Å². The monoisotopic (exact) mass is 272 g/mol. The molecule has 2 bridgehead atoms. The minimum atomic E-state index is -3.35. The molecule has 3 heterocycles. The largest absolute Gasteiger partial charge is 0.258 e. The highest BCUT2D eigenvalue weighted by atomic mass is 32.2. The fourth-order valence-electron chi connectivity index (χ4n) is 3.75. The topological polar surface area (TPSA) is 51.2 Å². The average molecular weight is 272 g/mol. The van der Waals surface area contributed by atoms with E-state index in [0.29, 0.717) is 4.91 Å². The predicted molar refractivity (Wildman–Crippen MR) is 68.7 cm³/mol. The van der Waals surface area contributed by atoms with Gasteiger partial charge in [-0.1, -0.05) is 18.2 Å². The van der Waals surface area contributed by atoms with Crippen LogP contribution < -0.4 is 0 Å². The smallest absolute Gasteiger partial charge is 0.181 e. The van der Waals surface area contributed by atoms with Gasteiger partial charge in [-0.25, -0.2) is 8.42 Å². The summed E-state index contributed by atoms with van der Waals surface area (Å²) in [6.07, 6.45) is 5.60. The van der Waals surface area contributed by atoms with Gasteiger partial charge >= 0.3 is 0 Å². The summed E-state index contributed by atoms with van der Waals surface area (Å²) in [6, 6.07) is 0. The second-order valence-electron chi connectivity index (χ2n) is 5.76. The van der Waals surface area contributed by atoms with Crippen molar-refractivity contribution < 1.29 is 12.6 Å². The van der Waals surface area contributed by atoms with Gasteiger partial charge in [0.25, 0.3) is 0 Å². The van der Waals surface area contributed by atoms with Gasteiger partial charge in [-0.15, -0.1) is 0 Å². The van der Waals surface area contributed by atoms with Crippen LogP contribution in [0.4, 0.5) is 0 Å². The summed E-state index contributed by atoms with van der Waals surface area (Å²) < 4.78 is 35.4. The molecule has 0 spiro atoms. The molecule has 4 unspecified atom stereocenters. The van der Waals surface area contributed by atoms with Crippen LogP contribution in [0.1, 0.15) is 27.7 Å². The lowest BCUT2D eigenvalue weighted by Crippen LogP contribution is -2.53. The van der Waals surface area contributed by atoms with E-state index in [1.165, 1.54) is 0 Å². The molecule has 0 radical (unpaired) electrons. The lowest BCUT2D eigenvalue weighted by Gasteiger charge is -2.38. The van der Waals surface area contributed by atoms with Crippen LogP contribution in [0, 0.1) is 5.92 Å². The first-order chi connectivity index (χ1) is 7.62. The van der Waals surface area contributed by atoms with Crippen molar-refractivity contribution in [3.05, 3.63) is 23.1 Å². The fourth-order valence-corrected chi connectivity index (χ4v) is 8.94. The Balaban J connectivity index is 2.42. The summed E-state index contributed by atoms with van der Waals surface area (Å²) in [5, 5.41) is 0. The molecule has 0 amide bonds. The molecule has 5 heteroatoms. The van der Waals surface area contributed by atoms with E-state index >= 15 is 0 Å². The maximum absolute atomic E-state index is 12.6. The molecule has 0 aromatic carbocycles. The first kappa shape index (κ1) is 11.7. The molecule has 3 aliphatic rings. The number of allylic oxidation sites excluding steroid dienone is 2. The van der Waals surface area contributed by atoms with Gasteiger partial charge in [0.05, 0.1) is 9.49 Å². The maximum atomic E-state index is 12.6. The molecule has 0 aromatic rings. The third-order valence-corrected chi connectivity index (χ3v) is 10.5. The number of sulfone groups is 1. The highest BCUT2D eigenvalue weighted by molar-refractivity contribution is 7.99. The molecule has 0 saturated carbocycles. The molecule has 1 fully saturated rings. The van der Waals surface area contributed by atoms with Crippen LogP contribution in [-0.2, 0) is 20.6 Å². The Labute approximate surface area is 104 Å². The molecule has 0 N–H and O–H groups in total. The number of hydrogen-bond acceptors (Lipinski definition) is 3. The Hall–Kier alpha value is -0.420. The van der Waals surface area contributed by atoms with Gasteiger partial charge in [0.1, 0.15) is 4.75 Å². The highest BCUT2D eigenvalue weighted by Gasteiger charge is 2.76. The Kier molecular flexibility index (Phi) is 1.79. The van der Waals surface area contributed by atoms with Crippen molar-refractivity contribution in [1.82, 2.24) is 0 Å². The van der Waals surface area contributed by atoms with E-state index in [2.05, 4.69) is 0 Å². The normalized spacial score (nSPS) is 58.2. The molecule has 3 nitrogen and oxygen atoms in total. The van der Waals surface area contributed by atoms with Gasteiger partial charge in [-0.2, -0.15) is 0 Å². The van der Waals surface area contributed by atoms with Gasteiger partial charge in [0, 0.05) is 21.6 Å². The van der Waals surface area contributed by atoms with Gasteiger partial charge in [-0.05, 0) is 27.7 Å². The van der Waals surface area contributed by atoms with Crippen molar-refractivity contribution in [1.29, 1.82) is 0 Å².